The molecule has 2 N–H and O–H groups in total. The highest BCUT2D eigenvalue weighted by atomic mass is 16.6. The molecule has 6 nitrogen and oxygen atoms in total. The van der Waals surface area contributed by atoms with E-state index in [-0.39, 0.29) is 18.2 Å². The molecule has 0 radical (unpaired) electrons. The van der Waals surface area contributed by atoms with E-state index in [9.17, 15) is 9.59 Å². The number of amides is 1. The van der Waals surface area contributed by atoms with Crippen molar-refractivity contribution in [3.05, 3.63) is 0 Å². The van der Waals surface area contributed by atoms with Crippen LogP contribution in [0.4, 0.5) is 4.79 Å². The van der Waals surface area contributed by atoms with Crippen molar-refractivity contribution in [3.63, 3.8) is 0 Å². The number of hydrogen-bond donors (Lipinski definition) is 2. The number of nitrogens with zero attached hydrogens (tertiary/aromatic N) is 1. The van der Waals surface area contributed by atoms with Crippen molar-refractivity contribution in [2.45, 2.75) is 63.8 Å². The molecule has 108 valence electrons. The van der Waals surface area contributed by atoms with Crippen molar-refractivity contribution < 1.29 is 19.4 Å². The third-order valence-electron chi connectivity index (χ3n) is 3.60. The molecule has 3 atom stereocenters. The molecule has 2 saturated heterocycles. The van der Waals surface area contributed by atoms with Crippen LogP contribution < -0.4 is 5.32 Å². The first-order valence-corrected chi connectivity index (χ1v) is 6.76. The lowest BCUT2D eigenvalue weighted by Gasteiger charge is -2.37. The zero-order valence-electron chi connectivity index (χ0n) is 11.7. The van der Waals surface area contributed by atoms with Gasteiger partial charge in [-0.05, 0) is 40.0 Å². The van der Waals surface area contributed by atoms with Crippen LogP contribution in [0.25, 0.3) is 0 Å². The van der Waals surface area contributed by atoms with Crippen molar-refractivity contribution in [2.75, 3.05) is 6.54 Å². The Kier molecular flexibility index (Phi) is 3.71. The van der Waals surface area contributed by atoms with Gasteiger partial charge in [-0.1, -0.05) is 0 Å². The van der Waals surface area contributed by atoms with Gasteiger partial charge in [-0.2, -0.15) is 0 Å². The van der Waals surface area contributed by atoms with E-state index in [0.717, 1.165) is 12.8 Å². The molecule has 0 spiro atoms. The molecule has 19 heavy (non-hydrogen) atoms. The highest BCUT2D eigenvalue weighted by Gasteiger charge is 2.44. The summed E-state index contributed by atoms with van der Waals surface area (Å²) in [4.78, 5) is 24.9. The van der Waals surface area contributed by atoms with E-state index in [1.807, 2.05) is 20.8 Å². The Balaban J connectivity index is 2.05. The van der Waals surface area contributed by atoms with Gasteiger partial charge in [-0.15, -0.1) is 0 Å². The maximum absolute atomic E-state index is 12.2. The smallest absolute Gasteiger partial charge is 0.410 e. The van der Waals surface area contributed by atoms with Gasteiger partial charge in [0.1, 0.15) is 11.6 Å². The number of carbonyl (C=O) groups excluding carboxylic acids is 1. The Hall–Kier alpha value is -1.30. The second-order valence-electron chi connectivity index (χ2n) is 6.28. The normalized spacial score (nSPS) is 30.9. The van der Waals surface area contributed by atoms with Crippen LogP contribution in [0, 0.1) is 0 Å². The Bertz CT molecular complexity index is 377. The Morgan fingerprint density at radius 3 is 2.63 bits per heavy atom. The van der Waals surface area contributed by atoms with Gasteiger partial charge < -0.3 is 14.7 Å². The van der Waals surface area contributed by atoms with Gasteiger partial charge in [0.15, 0.2) is 0 Å². The average Bonchev–Trinajstić information content (AvgIpc) is 2.69. The van der Waals surface area contributed by atoms with Crippen molar-refractivity contribution in [1.29, 1.82) is 0 Å². The maximum atomic E-state index is 12.2. The summed E-state index contributed by atoms with van der Waals surface area (Å²) in [5.74, 6) is -0.849. The van der Waals surface area contributed by atoms with Crippen LogP contribution in [0.3, 0.4) is 0 Å². The van der Waals surface area contributed by atoms with E-state index in [4.69, 9.17) is 9.84 Å². The summed E-state index contributed by atoms with van der Waals surface area (Å²) < 4.78 is 5.39. The number of carboxylic acid groups (broad SMARTS) is 1. The molecule has 0 bridgehead atoms. The summed E-state index contributed by atoms with van der Waals surface area (Å²) in [7, 11) is 0. The molecular weight excluding hydrogens is 248 g/mol. The van der Waals surface area contributed by atoms with Crippen molar-refractivity contribution in [1.82, 2.24) is 10.2 Å². The third kappa shape index (κ3) is 3.18. The van der Waals surface area contributed by atoms with Crippen LogP contribution in [-0.4, -0.2) is 52.3 Å². The van der Waals surface area contributed by atoms with E-state index < -0.39 is 17.6 Å². The van der Waals surface area contributed by atoms with Crippen molar-refractivity contribution in [2.24, 2.45) is 0 Å². The number of carbonyl (C=O) groups is 2. The fourth-order valence-corrected chi connectivity index (χ4v) is 2.83. The summed E-state index contributed by atoms with van der Waals surface area (Å²) >= 11 is 0. The van der Waals surface area contributed by atoms with Crippen LogP contribution in [0.5, 0.6) is 0 Å². The van der Waals surface area contributed by atoms with Crippen molar-refractivity contribution in [3.8, 4) is 0 Å². The van der Waals surface area contributed by atoms with Crippen LogP contribution >= 0.6 is 0 Å². The van der Waals surface area contributed by atoms with E-state index >= 15 is 0 Å². The molecule has 2 rings (SSSR count). The molecule has 0 aromatic rings. The van der Waals surface area contributed by atoms with Gasteiger partial charge in [-0.25, -0.2) is 4.79 Å². The molecule has 0 aromatic carbocycles. The highest BCUT2D eigenvalue weighted by Crippen LogP contribution is 2.28. The number of aliphatic carboxylic acids is 1. The maximum Gasteiger partial charge on any atom is 0.410 e. The van der Waals surface area contributed by atoms with Crippen molar-refractivity contribution >= 4 is 12.1 Å². The van der Waals surface area contributed by atoms with Gasteiger partial charge in [0.2, 0.25) is 0 Å². The second-order valence-corrected chi connectivity index (χ2v) is 6.28. The first-order chi connectivity index (χ1) is 8.78. The Morgan fingerprint density at radius 1 is 1.37 bits per heavy atom. The fraction of sp³-hybridized carbons (Fsp3) is 0.846. The number of carboxylic acids is 1. The molecule has 3 unspecified atom stereocenters. The standard InChI is InChI=1S/C13H22N2O4/c1-13(2,3)19-12(18)15-6-4-5-8-10(15)7-9(14-8)11(16)17/h8-10,14H,4-7H2,1-3H3,(H,16,17). The molecule has 6 heteroatoms. The first kappa shape index (κ1) is 14.1. The summed E-state index contributed by atoms with van der Waals surface area (Å²) in [5.41, 5.74) is -0.526. The van der Waals surface area contributed by atoms with E-state index in [0.29, 0.717) is 13.0 Å². The lowest BCUT2D eigenvalue weighted by Crippen LogP contribution is -2.52. The zero-order chi connectivity index (χ0) is 14.2. The van der Waals surface area contributed by atoms with Crippen LogP contribution in [0.2, 0.25) is 0 Å². The molecule has 0 aliphatic carbocycles. The highest BCUT2D eigenvalue weighted by molar-refractivity contribution is 5.75. The van der Waals surface area contributed by atoms with Gasteiger partial charge in [0.25, 0.3) is 0 Å². The third-order valence-corrected chi connectivity index (χ3v) is 3.60. The lowest BCUT2D eigenvalue weighted by molar-refractivity contribution is -0.139. The fourth-order valence-electron chi connectivity index (χ4n) is 2.83. The predicted octanol–water partition coefficient (Wildman–Crippen LogP) is 1.20. The first-order valence-electron chi connectivity index (χ1n) is 6.76. The average molecular weight is 270 g/mol. The molecule has 2 aliphatic rings. The number of rotatable bonds is 1. The minimum absolute atomic E-state index is 0.0651. The number of piperidine rings is 1. The quantitative estimate of drug-likeness (QED) is 0.748. The number of likely N-dealkylation sites (tertiary alicyclic amines) is 1. The number of fused-ring (bicyclic) bond motifs is 1. The minimum atomic E-state index is -0.849. The second kappa shape index (κ2) is 5.00. The summed E-state index contributed by atoms with van der Waals surface area (Å²) in [6, 6.07) is -0.551. The molecule has 0 saturated carbocycles. The van der Waals surface area contributed by atoms with Gasteiger partial charge >= 0.3 is 12.1 Å². The number of nitrogens with one attached hydrogen (secondary N) is 1. The minimum Gasteiger partial charge on any atom is -0.480 e. The largest absolute Gasteiger partial charge is 0.480 e. The zero-order valence-corrected chi connectivity index (χ0v) is 11.7. The lowest BCUT2D eigenvalue weighted by atomic mass is 9.97. The van der Waals surface area contributed by atoms with Gasteiger partial charge in [-0.3, -0.25) is 10.1 Å². The molecule has 2 aliphatic heterocycles. The van der Waals surface area contributed by atoms with E-state index in [2.05, 4.69) is 5.32 Å². The SMILES string of the molecule is CC(C)(C)OC(=O)N1CCCC2NC(C(=O)O)CC21. The van der Waals surface area contributed by atoms with E-state index in [1.165, 1.54) is 0 Å². The molecule has 2 fully saturated rings. The van der Waals surface area contributed by atoms with Gasteiger partial charge in [0.05, 0.1) is 6.04 Å². The van der Waals surface area contributed by atoms with Crippen LogP contribution in [0.15, 0.2) is 0 Å². The van der Waals surface area contributed by atoms with E-state index in [1.54, 1.807) is 4.90 Å². The summed E-state index contributed by atoms with van der Waals surface area (Å²) in [6.45, 7) is 6.14. The molecular formula is C13H22N2O4. The molecule has 2 heterocycles. The predicted molar refractivity (Wildman–Crippen MR) is 68.9 cm³/mol. The molecule has 0 aromatic heterocycles. The summed E-state index contributed by atoms with van der Waals surface area (Å²) in [6.07, 6.45) is 1.90. The van der Waals surface area contributed by atoms with Gasteiger partial charge in [0, 0.05) is 12.6 Å². The number of ether oxygens (including phenoxy) is 1. The summed E-state index contributed by atoms with van der Waals surface area (Å²) in [5, 5.41) is 12.2. The van der Waals surface area contributed by atoms with Crippen LogP contribution in [0.1, 0.15) is 40.0 Å². The molecule has 1 amide bonds. The monoisotopic (exact) mass is 270 g/mol. The Labute approximate surface area is 113 Å². The Morgan fingerprint density at radius 2 is 2.05 bits per heavy atom. The topological polar surface area (TPSA) is 78.9 Å². The number of hydrogen-bond acceptors (Lipinski definition) is 4. The van der Waals surface area contributed by atoms with Crippen LogP contribution in [-0.2, 0) is 9.53 Å².